The molecule has 1 aromatic heterocycles. The number of benzene rings is 3. The molecule has 0 fully saturated rings. The predicted molar refractivity (Wildman–Crippen MR) is 133 cm³/mol. The fraction of sp³-hybridized carbons (Fsp3) is 0.0909. The minimum atomic E-state index is -0.147. The maximum atomic E-state index is 12.3. The number of aryl methyl sites for hydroxylation is 1. The lowest BCUT2D eigenvalue weighted by molar-refractivity contribution is -0.121. The fourth-order valence-corrected chi connectivity index (χ4v) is 4.28. The lowest BCUT2D eigenvalue weighted by Gasteiger charge is -2.07. The fourth-order valence-electron chi connectivity index (χ4n) is 3.30. The van der Waals surface area contributed by atoms with Crippen molar-refractivity contribution in [1.29, 1.82) is 0 Å². The number of rotatable bonds is 5. The Labute approximate surface area is 195 Å². The number of aromatic nitrogens is 1. The Bertz CT molecular complexity index is 1170. The van der Waals surface area contributed by atoms with E-state index in [1.54, 1.807) is 30.5 Å². The lowest BCUT2D eigenvalue weighted by Crippen LogP contribution is -2.19. The molecule has 5 nitrogen and oxygen atoms in total. The highest BCUT2D eigenvalue weighted by atomic mass is 127. The second kappa shape index (κ2) is 8.70. The van der Waals surface area contributed by atoms with Gasteiger partial charge in [-0.05, 0) is 111 Å². The van der Waals surface area contributed by atoms with E-state index < -0.39 is 0 Å². The van der Waals surface area contributed by atoms with Crippen molar-refractivity contribution < 1.29 is 9.90 Å². The summed E-state index contributed by atoms with van der Waals surface area (Å²) in [4.78, 5) is 12.3. The third-order valence-electron chi connectivity index (χ3n) is 4.65. The van der Waals surface area contributed by atoms with Crippen LogP contribution in [0, 0.1) is 7.14 Å². The maximum absolute atomic E-state index is 12.3. The second-order valence-electron chi connectivity index (χ2n) is 6.61. The molecule has 0 saturated heterocycles. The number of phenols is 1. The van der Waals surface area contributed by atoms with Crippen LogP contribution in [-0.2, 0) is 11.3 Å². The van der Waals surface area contributed by atoms with Crippen LogP contribution in [-0.4, -0.2) is 21.8 Å². The molecule has 7 heteroatoms. The number of amides is 1. The van der Waals surface area contributed by atoms with Gasteiger partial charge < -0.3 is 9.67 Å². The van der Waals surface area contributed by atoms with Gasteiger partial charge in [-0.25, -0.2) is 5.43 Å². The average Bonchev–Trinajstić information content (AvgIpc) is 3.00. The molecule has 0 radical (unpaired) electrons. The number of hydrogen-bond acceptors (Lipinski definition) is 3. The van der Waals surface area contributed by atoms with E-state index in [1.807, 2.05) is 0 Å². The highest BCUT2D eigenvalue weighted by molar-refractivity contribution is 14.1. The Morgan fingerprint density at radius 3 is 2.14 bits per heavy atom. The Morgan fingerprint density at radius 1 is 0.966 bits per heavy atom. The molecule has 3 aromatic carbocycles. The van der Waals surface area contributed by atoms with Gasteiger partial charge in [0.2, 0.25) is 5.91 Å². The van der Waals surface area contributed by atoms with Crippen LogP contribution in [0.15, 0.2) is 65.8 Å². The zero-order valence-corrected chi connectivity index (χ0v) is 19.6. The van der Waals surface area contributed by atoms with E-state index in [1.165, 1.54) is 17.9 Å². The predicted octanol–water partition coefficient (Wildman–Crippen LogP) is 5.25. The lowest BCUT2D eigenvalue weighted by atomic mass is 10.2. The molecule has 0 saturated carbocycles. The van der Waals surface area contributed by atoms with Crippen molar-refractivity contribution in [3.63, 3.8) is 0 Å². The van der Waals surface area contributed by atoms with Gasteiger partial charge in [-0.15, -0.1) is 0 Å². The minimum absolute atomic E-state index is 0.147. The molecule has 1 amide bonds. The Balaban J connectivity index is 1.51. The molecule has 4 rings (SSSR count). The summed E-state index contributed by atoms with van der Waals surface area (Å²) >= 11 is 4.65. The summed E-state index contributed by atoms with van der Waals surface area (Å²) in [6, 6.07) is 19.4. The Kier molecular flexibility index (Phi) is 6.04. The summed E-state index contributed by atoms with van der Waals surface area (Å²) < 4.78 is 4.57. The van der Waals surface area contributed by atoms with E-state index in [0.717, 1.165) is 16.6 Å². The molecule has 0 unspecified atom stereocenters. The molecule has 146 valence electrons. The van der Waals surface area contributed by atoms with Crippen molar-refractivity contribution in [2.75, 3.05) is 0 Å². The molecular formula is C22H17I2N3O2. The van der Waals surface area contributed by atoms with Gasteiger partial charge in [-0.3, -0.25) is 4.79 Å². The normalized spacial score (nSPS) is 11.5. The number of nitrogens with zero attached hydrogens (tertiary/aromatic N) is 2. The summed E-state index contributed by atoms with van der Waals surface area (Å²) in [7, 11) is 0. The number of phenolic OH excluding ortho intramolecular Hbond substituents is 1. The van der Waals surface area contributed by atoms with Crippen molar-refractivity contribution >= 4 is 79.1 Å². The van der Waals surface area contributed by atoms with Crippen LogP contribution in [0.3, 0.4) is 0 Å². The minimum Gasteiger partial charge on any atom is -0.508 e. The molecule has 0 aliphatic heterocycles. The number of fused-ring (bicyclic) bond motifs is 3. The highest BCUT2D eigenvalue weighted by Gasteiger charge is 2.12. The molecule has 2 N–H and O–H groups in total. The number of carbonyl (C=O) groups excluding carboxylic acids is 1. The third-order valence-corrected chi connectivity index (χ3v) is 5.99. The highest BCUT2D eigenvalue weighted by Crippen LogP contribution is 2.31. The van der Waals surface area contributed by atoms with Gasteiger partial charge in [0.05, 0.1) is 6.21 Å². The van der Waals surface area contributed by atoms with Gasteiger partial charge in [0.1, 0.15) is 5.75 Å². The molecule has 4 aromatic rings. The third kappa shape index (κ3) is 4.55. The average molecular weight is 609 g/mol. The zero-order valence-electron chi connectivity index (χ0n) is 15.3. The number of halogens is 2. The standard InChI is InChI=1S/C22H17I2N3O2/c23-15-3-7-20-18(11-15)19-12-16(24)4-8-21(19)27(20)10-9-22(29)26-25-13-14-1-5-17(28)6-2-14/h1-8,11-13,28H,9-10H2,(H,26,29)/b25-13+. The molecule has 0 aliphatic carbocycles. The number of nitrogens with one attached hydrogen (secondary N) is 1. The quantitative estimate of drug-likeness (QED) is 0.185. The molecule has 29 heavy (non-hydrogen) atoms. The first kappa shape index (κ1) is 20.1. The summed E-state index contributed by atoms with van der Waals surface area (Å²) in [5.74, 6) is 0.0489. The smallest absolute Gasteiger partial charge is 0.241 e. The molecule has 0 atom stereocenters. The topological polar surface area (TPSA) is 66.6 Å². The van der Waals surface area contributed by atoms with E-state index in [-0.39, 0.29) is 11.7 Å². The van der Waals surface area contributed by atoms with Gasteiger partial charge in [0.15, 0.2) is 0 Å². The van der Waals surface area contributed by atoms with Crippen LogP contribution < -0.4 is 5.43 Å². The van der Waals surface area contributed by atoms with Crippen molar-refractivity contribution in [2.24, 2.45) is 5.10 Å². The second-order valence-corrected chi connectivity index (χ2v) is 9.10. The van der Waals surface area contributed by atoms with E-state index in [9.17, 15) is 9.90 Å². The number of hydrazone groups is 1. The number of aromatic hydroxyl groups is 1. The van der Waals surface area contributed by atoms with Crippen molar-refractivity contribution in [2.45, 2.75) is 13.0 Å². The van der Waals surface area contributed by atoms with Crippen molar-refractivity contribution in [1.82, 2.24) is 9.99 Å². The molecule has 0 aliphatic rings. The first-order chi connectivity index (χ1) is 14.0. The van der Waals surface area contributed by atoms with Crippen LogP contribution in [0.2, 0.25) is 0 Å². The summed E-state index contributed by atoms with van der Waals surface area (Å²) in [5, 5.41) is 15.7. The number of carbonyl (C=O) groups is 1. The number of hydrogen-bond donors (Lipinski definition) is 2. The van der Waals surface area contributed by atoms with Gasteiger partial charge in [0.25, 0.3) is 0 Å². The first-order valence-corrected chi connectivity index (χ1v) is 11.1. The largest absolute Gasteiger partial charge is 0.508 e. The van der Waals surface area contributed by atoms with Gasteiger partial charge in [-0.2, -0.15) is 5.10 Å². The first-order valence-electron chi connectivity index (χ1n) is 8.99. The Morgan fingerprint density at radius 2 is 1.55 bits per heavy atom. The summed E-state index contributed by atoms with van der Waals surface area (Å²) in [5.41, 5.74) is 5.63. The van der Waals surface area contributed by atoms with E-state index in [2.05, 4.69) is 96.7 Å². The maximum Gasteiger partial charge on any atom is 0.241 e. The van der Waals surface area contributed by atoms with Crippen LogP contribution in [0.1, 0.15) is 12.0 Å². The molecule has 0 spiro atoms. The van der Waals surface area contributed by atoms with Crippen LogP contribution in [0.5, 0.6) is 5.75 Å². The molecular weight excluding hydrogens is 592 g/mol. The molecule has 1 heterocycles. The SMILES string of the molecule is O=C(CCn1c2ccc(I)cc2c2cc(I)ccc21)N/N=C/c1ccc(O)cc1. The van der Waals surface area contributed by atoms with Gasteiger partial charge >= 0.3 is 0 Å². The van der Waals surface area contributed by atoms with Crippen molar-refractivity contribution in [3.8, 4) is 5.75 Å². The van der Waals surface area contributed by atoms with Gasteiger partial charge in [0, 0.05) is 41.9 Å². The van der Waals surface area contributed by atoms with E-state index in [4.69, 9.17) is 0 Å². The summed E-state index contributed by atoms with van der Waals surface area (Å²) in [6.45, 7) is 0.571. The monoisotopic (exact) mass is 609 g/mol. The molecule has 0 bridgehead atoms. The van der Waals surface area contributed by atoms with E-state index >= 15 is 0 Å². The van der Waals surface area contributed by atoms with Crippen LogP contribution in [0.25, 0.3) is 21.8 Å². The van der Waals surface area contributed by atoms with Crippen LogP contribution in [0.4, 0.5) is 0 Å². The Hall–Kier alpha value is -2.14. The van der Waals surface area contributed by atoms with Gasteiger partial charge in [-0.1, -0.05) is 0 Å². The van der Waals surface area contributed by atoms with Crippen LogP contribution >= 0.6 is 45.2 Å². The zero-order chi connectivity index (χ0) is 20.4. The van der Waals surface area contributed by atoms with E-state index in [0.29, 0.717) is 13.0 Å². The van der Waals surface area contributed by atoms with Crippen molar-refractivity contribution in [3.05, 3.63) is 73.4 Å². The summed E-state index contributed by atoms with van der Waals surface area (Å²) in [6.07, 6.45) is 1.88.